The number of rotatable bonds is 2. The summed E-state index contributed by atoms with van der Waals surface area (Å²) in [6, 6.07) is 14.1. The van der Waals surface area contributed by atoms with Crippen molar-refractivity contribution in [3.05, 3.63) is 52.5 Å². The molecule has 124 valence electrons. The largest absolute Gasteiger partial charge is 0.497 e. The number of benzene rings is 2. The van der Waals surface area contributed by atoms with Gasteiger partial charge in [-0.25, -0.2) is 0 Å². The van der Waals surface area contributed by atoms with Crippen molar-refractivity contribution in [3.8, 4) is 11.5 Å². The Morgan fingerprint density at radius 3 is 2.75 bits per heavy atom. The number of nitrogens with zero attached hydrogens (tertiary/aromatic N) is 1. The van der Waals surface area contributed by atoms with Crippen LogP contribution in [0.4, 0.5) is 5.69 Å². The van der Waals surface area contributed by atoms with Crippen LogP contribution in [0.2, 0.25) is 0 Å². The van der Waals surface area contributed by atoms with Crippen LogP contribution in [0.1, 0.15) is 24.9 Å². The molecule has 0 saturated carbocycles. The first-order chi connectivity index (χ1) is 11.5. The summed E-state index contributed by atoms with van der Waals surface area (Å²) in [5.74, 6) is 1.71. The number of thiocarbonyl (C=S) groups is 1. The maximum Gasteiger partial charge on any atom is 0.188 e. The summed E-state index contributed by atoms with van der Waals surface area (Å²) in [5.41, 5.74) is 1.59. The first kappa shape index (κ1) is 15.7. The fraction of sp³-hybridized carbons (Fsp3) is 0.278. The molecule has 2 aromatic carbocycles. The van der Waals surface area contributed by atoms with Crippen molar-refractivity contribution < 1.29 is 9.47 Å². The van der Waals surface area contributed by atoms with Crippen LogP contribution in [0, 0.1) is 0 Å². The van der Waals surface area contributed by atoms with E-state index in [9.17, 15) is 0 Å². The third-order valence-corrected chi connectivity index (χ3v) is 5.36. The summed E-state index contributed by atoms with van der Waals surface area (Å²) < 4.78 is 12.7. The van der Waals surface area contributed by atoms with E-state index in [2.05, 4.69) is 34.2 Å². The number of hydrogen-bond acceptors (Lipinski definition) is 3. The van der Waals surface area contributed by atoms with E-state index in [4.69, 9.17) is 21.7 Å². The number of ether oxygens (including phenoxy) is 2. The van der Waals surface area contributed by atoms with Crippen molar-refractivity contribution in [1.29, 1.82) is 0 Å². The van der Waals surface area contributed by atoms with Crippen LogP contribution in [-0.4, -0.2) is 17.9 Å². The minimum atomic E-state index is -0.525. The highest BCUT2D eigenvalue weighted by Gasteiger charge is 2.48. The molecule has 24 heavy (non-hydrogen) atoms. The highest BCUT2D eigenvalue weighted by Crippen LogP contribution is 2.46. The van der Waals surface area contributed by atoms with Crippen LogP contribution < -0.4 is 19.7 Å². The molecule has 4 nitrogen and oxygen atoms in total. The molecule has 2 aromatic rings. The molecule has 0 spiro atoms. The average molecular weight is 405 g/mol. The summed E-state index contributed by atoms with van der Waals surface area (Å²) in [6.45, 7) is 2.09. The van der Waals surface area contributed by atoms with E-state index >= 15 is 0 Å². The minimum Gasteiger partial charge on any atom is -0.497 e. The Labute approximate surface area is 154 Å². The summed E-state index contributed by atoms with van der Waals surface area (Å²) in [6.07, 6.45) is 0.808. The Kier molecular flexibility index (Phi) is 3.69. The Balaban J connectivity index is 1.76. The quantitative estimate of drug-likeness (QED) is 0.750. The molecular formula is C18H17BrN2O2S. The molecule has 0 aromatic heterocycles. The third-order valence-electron chi connectivity index (χ3n) is 4.56. The summed E-state index contributed by atoms with van der Waals surface area (Å²) >= 11 is 9.18. The normalized spacial score (nSPS) is 24.7. The minimum absolute atomic E-state index is 0.151. The molecule has 2 atom stereocenters. The van der Waals surface area contributed by atoms with Gasteiger partial charge in [-0.3, -0.25) is 4.90 Å². The van der Waals surface area contributed by atoms with Crippen LogP contribution in [0.25, 0.3) is 0 Å². The van der Waals surface area contributed by atoms with Gasteiger partial charge in [0.05, 0.1) is 13.2 Å². The topological polar surface area (TPSA) is 33.7 Å². The van der Waals surface area contributed by atoms with Gasteiger partial charge in [0.15, 0.2) is 10.8 Å². The highest BCUT2D eigenvalue weighted by molar-refractivity contribution is 9.10. The standard InChI is InChI=1S/C18H17BrN2O2S/c1-18-10-15(14-9-11(19)3-8-16(14)23-18)20-17(24)21(18)12-4-6-13(22-2)7-5-12/h3-9,15H,10H2,1-2H3,(H,20,24). The second kappa shape index (κ2) is 5.63. The van der Waals surface area contributed by atoms with Crippen molar-refractivity contribution >= 4 is 38.9 Å². The zero-order valence-electron chi connectivity index (χ0n) is 13.4. The number of methoxy groups -OCH3 is 1. The maximum atomic E-state index is 6.39. The van der Waals surface area contributed by atoms with Gasteiger partial charge in [-0.2, -0.15) is 0 Å². The molecule has 0 amide bonds. The molecule has 0 aliphatic carbocycles. The van der Waals surface area contributed by atoms with Crippen LogP contribution in [-0.2, 0) is 0 Å². The van der Waals surface area contributed by atoms with E-state index in [1.165, 1.54) is 0 Å². The lowest BCUT2D eigenvalue weighted by molar-refractivity contribution is 0.0497. The number of hydrogen-bond donors (Lipinski definition) is 1. The van der Waals surface area contributed by atoms with Crippen LogP contribution in [0.3, 0.4) is 0 Å². The summed E-state index contributed by atoms with van der Waals surface area (Å²) in [7, 11) is 1.66. The van der Waals surface area contributed by atoms with Gasteiger partial charge in [0.1, 0.15) is 11.5 Å². The molecule has 0 radical (unpaired) electrons. The van der Waals surface area contributed by atoms with E-state index in [1.54, 1.807) is 7.11 Å². The first-order valence-corrected chi connectivity index (χ1v) is 8.93. The van der Waals surface area contributed by atoms with E-state index in [-0.39, 0.29) is 6.04 Å². The predicted molar refractivity (Wildman–Crippen MR) is 102 cm³/mol. The lowest BCUT2D eigenvalue weighted by atomic mass is 9.90. The van der Waals surface area contributed by atoms with Gasteiger partial charge >= 0.3 is 0 Å². The molecule has 1 fully saturated rings. The van der Waals surface area contributed by atoms with E-state index < -0.39 is 5.72 Å². The van der Waals surface area contributed by atoms with Crippen molar-refractivity contribution in [1.82, 2.24) is 5.32 Å². The van der Waals surface area contributed by atoms with Gasteiger partial charge in [-0.15, -0.1) is 0 Å². The monoisotopic (exact) mass is 404 g/mol. The molecule has 2 heterocycles. The van der Waals surface area contributed by atoms with Gasteiger partial charge in [0.2, 0.25) is 0 Å². The van der Waals surface area contributed by atoms with E-state index in [0.717, 1.165) is 33.6 Å². The molecule has 1 saturated heterocycles. The SMILES string of the molecule is COc1ccc(N2C(=S)NC3CC2(C)Oc2ccc(Br)cc23)cc1. The molecule has 1 N–H and O–H groups in total. The molecular weight excluding hydrogens is 388 g/mol. The smallest absolute Gasteiger partial charge is 0.188 e. The Morgan fingerprint density at radius 2 is 2.04 bits per heavy atom. The second-order valence-corrected chi connectivity index (χ2v) is 7.50. The number of anilines is 1. The van der Waals surface area contributed by atoms with Crippen molar-refractivity contribution in [2.24, 2.45) is 0 Å². The maximum absolute atomic E-state index is 6.39. The lowest BCUT2D eigenvalue weighted by Crippen LogP contribution is -2.65. The fourth-order valence-corrected chi connectivity index (χ4v) is 4.29. The molecule has 2 aliphatic heterocycles. The molecule has 6 heteroatoms. The third kappa shape index (κ3) is 2.45. The van der Waals surface area contributed by atoms with Crippen molar-refractivity contribution in [3.63, 3.8) is 0 Å². The van der Waals surface area contributed by atoms with Gasteiger partial charge in [-0.1, -0.05) is 15.9 Å². The van der Waals surface area contributed by atoms with Crippen LogP contribution in [0.15, 0.2) is 46.9 Å². The molecule has 2 unspecified atom stereocenters. The summed E-state index contributed by atoms with van der Waals surface area (Å²) in [5, 5.41) is 4.13. The Morgan fingerprint density at radius 1 is 1.29 bits per heavy atom. The Hall–Kier alpha value is -1.79. The number of halogens is 1. The zero-order valence-corrected chi connectivity index (χ0v) is 15.8. The Bertz CT molecular complexity index is 811. The molecule has 4 rings (SSSR count). The highest BCUT2D eigenvalue weighted by atomic mass is 79.9. The molecule has 2 aliphatic rings. The van der Waals surface area contributed by atoms with Gasteiger partial charge in [0, 0.05) is 22.1 Å². The first-order valence-electron chi connectivity index (χ1n) is 7.73. The molecule has 2 bridgehead atoms. The number of fused-ring (bicyclic) bond motifs is 4. The summed E-state index contributed by atoms with van der Waals surface area (Å²) in [4.78, 5) is 2.04. The predicted octanol–water partition coefficient (Wildman–Crippen LogP) is 4.39. The zero-order chi connectivity index (χ0) is 16.9. The lowest BCUT2D eigenvalue weighted by Gasteiger charge is -2.52. The van der Waals surface area contributed by atoms with E-state index in [0.29, 0.717) is 5.11 Å². The van der Waals surface area contributed by atoms with Crippen molar-refractivity contribution in [2.75, 3.05) is 12.0 Å². The fourth-order valence-electron chi connectivity index (χ4n) is 3.47. The van der Waals surface area contributed by atoms with Gasteiger partial charge in [0.25, 0.3) is 0 Å². The van der Waals surface area contributed by atoms with Gasteiger partial charge < -0.3 is 14.8 Å². The van der Waals surface area contributed by atoms with Crippen molar-refractivity contribution in [2.45, 2.75) is 25.1 Å². The second-order valence-electron chi connectivity index (χ2n) is 6.20. The average Bonchev–Trinajstić information content (AvgIpc) is 2.55. The van der Waals surface area contributed by atoms with Crippen LogP contribution >= 0.6 is 28.1 Å². The van der Waals surface area contributed by atoms with Crippen LogP contribution in [0.5, 0.6) is 11.5 Å². The van der Waals surface area contributed by atoms with E-state index in [1.807, 2.05) is 41.3 Å². The van der Waals surface area contributed by atoms with Gasteiger partial charge in [-0.05, 0) is 61.6 Å². The number of nitrogens with one attached hydrogen (secondary N) is 1.